The van der Waals surface area contributed by atoms with Crippen molar-refractivity contribution in [3.05, 3.63) is 22.4 Å². The number of rotatable bonds is 6. The van der Waals surface area contributed by atoms with Crippen LogP contribution in [0.5, 0.6) is 0 Å². The van der Waals surface area contributed by atoms with Crippen molar-refractivity contribution in [2.45, 2.75) is 26.7 Å². The molecule has 1 aromatic heterocycles. The number of likely N-dealkylation sites (tertiary alicyclic amines) is 1. The van der Waals surface area contributed by atoms with Crippen molar-refractivity contribution >= 4 is 23.3 Å². The van der Waals surface area contributed by atoms with Gasteiger partial charge in [0, 0.05) is 6.54 Å². The third-order valence-electron chi connectivity index (χ3n) is 3.39. The first kappa shape index (κ1) is 17.0. The molecular formula is C16H25N3O2S. The average Bonchev–Trinajstić information content (AvgIpc) is 3.17. The summed E-state index contributed by atoms with van der Waals surface area (Å²) in [6, 6.07) is 3.99. The lowest BCUT2D eigenvalue weighted by atomic mass is 10.2. The van der Waals surface area contributed by atoms with E-state index in [2.05, 4.69) is 29.1 Å². The van der Waals surface area contributed by atoms with Gasteiger partial charge in [-0.25, -0.2) is 4.99 Å². The van der Waals surface area contributed by atoms with Crippen molar-refractivity contribution in [2.75, 3.05) is 32.8 Å². The van der Waals surface area contributed by atoms with Crippen LogP contribution in [-0.2, 0) is 4.74 Å². The Kier molecular flexibility index (Phi) is 6.86. The fraction of sp³-hybridized carbons (Fsp3) is 0.625. The van der Waals surface area contributed by atoms with Gasteiger partial charge < -0.3 is 9.64 Å². The first-order valence-corrected chi connectivity index (χ1v) is 8.77. The minimum atomic E-state index is -0.154. The zero-order valence-electron chi connectivity index (χ0n) is 13.4. The smallest absolute Gasteiger partial charge is 0.291 e. The van der Waals surface area contributed by atoms with E-state index >= 15 is 0 Å². The van der Waals surface area contributed by atoms with E-state index < -0.39 is 0 Å². The molecule has 0 aromatic carbocycles. The van der Waals surface area contributed by atoms with E-state index in [0.717, 1.165) is 19.6 Å². The molecule has 0 aliphatic carbocycles. The molecule has 0 atom stereocenters. The number of carbonyl (C=O) groups is 1. The first-order valence-electron chi connectivity index (χ1n) is 7.89. The van der Waals surface area contributed by atoms with E-state index in [1.54, 1.807) is 6.07 Å². The molecule has 1 fully saturated rings. The van der Waals surface area contributed by atoms with Gasteiger partial charge in [0.1, 0.15) is 0 Å². The van der Waals surface area contributed by atoms with Gasteiger partial charge in [0.25, 0.3) is 11.9 Å². The molecule has 5 nitrogen and oxygen atoms in total. The lowest BCUT2D eigenvalue weighted by molar-refractivity contribution is 0.0967. The maximum absolute atomic E-state index is 12.1. The standard InChI is InChI=1S/C16H25N3O2S/c1-13(2)12-21-16(17-7-10-19-8-3-4-9-19)18-15(20)14-6-5-11-22-14/h5-6,11,13H,3-4,7-10,12H2,1-2H3,(H,17,18,20). The normalized spacial score (nSPS) is 16.2. The van der Waals surface area contributed by atoms with Gasteiger partial charge in [0.05, 0.1) is 18.0 Å². The number of ether oxygens (including phenoxy) is 1. The van der Waals surface area contributed by atoms with E-state index in [-0.39, 0.29) is 5.91 Å². The van der Waals surface area contributed by atoms with E-state index in [0.29, 0.717) is 30.0 Å². The molecule has 1 aliphatic heterocycles. The van der Waals surface area contributed by atoms with E-state index in [4.69, 9.17) is 4.74 Å². The largest absolute Gasteiger partial charge is 0.465 e. The summed E-state index contributed by atoms with van der Waals surface area (Å²) < 4.78 is 5.64. The Hall–Kier alpha value is -1.40. The van der Waals surface area contributed by atoms with Crippen LogP contribution in [0.3, 0.4) is 0 Å². The summed E-state index contributed by atoms with van der Waals surface area (Å²) in [7, 11) is 0. The number of aliphatic imine (C=N–C) groups is 1. The predicted molar refractivity (Wildman–Crippen MR) is 90.6 cm³/mol. The minimum Gasteiger partial charge on any atom is -0.465 e. The van der Waals surface area contributed by atoms with Gasteiger partial charge in [-0.3, -0.25) is 10.1 Å². The van der Waals surface area contributed by atoms with Crippen molar-refractivity contribution < 1.29 is 9.53 Å². The molecule has 1 N–H and O–H groups in total. The molecule has 1 aliphatic rings. The second-order valence-corrected chi connectivity index (χ2v) is 6.82. The number of hydrogen-bond acceptors (Lipinski definition) is 5. The number of nitrogens with one attached hydrogen (secondary N) is 1. The van der Waals surface area contributed by atoms with Crippen LogP contribution in [0.4, 0.5) is 0 Å². The van der Waals surface area contributed by atoms with Crippen LogP contribution in [0.1, 0.15) is 36.4 Å². The highest BCUT2D eigenvalue weighted by molar-refractivity contribution is 7.12. The molecule has 0 saturated carbocycles. The summed E-state index contributed by atoms with van der Waals surface area (Å²) in [6.07, 6.45) is 2.55. The number of amidine groups is 1. The maximum Gasteiger partial charge on any atom is 0.291 e. The average molecular weight is 323 g/mol. The van der Waals surface area contributed by atoms with E-state index in [9.17, 15) is 4.79 Å². The molecule has 1 aromatic rings. The second-order valence-electron chi connectivity index (χ2n) is 5.87. The fourth-order valence-corrected chi connectivity index (χ4v) is 2.85. The monoisotopic (exact) mass is 323 g/mol. The molecule has 1 saturated heterocycles. The molecule has 122 valence electrons. The third-order valence-corrected chi connectivity index (χ3v) is 4.26. The van der Waals surface area contributed by atoms with Crippen molar-refractivity contribution in [1.29, 1.82) is 0 Å². The fourth-order valence-electron chi connectivity index (χ4n) is 2.23. The molecule has 6 heteroatoms. The van der Waals surface area contributed by atoms with Crippen LogP contribution in [0, 0.1) is 5.92 Å². The highest BCUT2D eigenvalue weighted by atomic mass is 32.1. The highest BCUT2D eigenvalue weighted by Crippen LogP contribution is 2.08. The van der Waals surface area contributed by atoms with Crippen LogP contribution in [0.25, 0.3) is 0 Å². The summed E-state index contributed by atoms with van der Waals surface area (Å²) in [5.41, 5.74) is 0. The SMILES string of the molecule is CC(C)COC(=NCCN1CCCC1)NC(=O)c1cccs1. The Balaban J connectivity index is 1.87. The van der Waals surface area contributed by atoms with Crippen LogP contribution < -0.4 is 5.32 Å². The van der Waals surface area contributed by atoms with Gasteiger partial charge in [-0.2, -0.15) is 0 Å². The number of nitrogens with zero attached hydrogens (tertiary/aromatic N) is 2. The Labute approximate surface area is 136 Å². The van der Waals surface area contributed by atoms with Gasteiger partial charge >= 0.3 is 0 Å². The Morgan fingerprint density at radius 3 is 2.86 bits per heavy atom. The third kappa shape index (κ3) is 5.77. The molecule has 22 heavy (non-hydrogen) atoms. The van der Waals surface area contributed by atoms with Crippen LogP contribution >= 0.6 is 11.3 Å². The van der Waals surface area contributed by atoms with Crippen molar-refractivity contribution in [1.82, 2.24) is 10.2 Å². The summed E-state index contributed by atoms with van der Waals surface area (Å²) in [5.74, 6) is 0.237. The molecular weight excluding hydrogens is 298 g/mol. The van der Waals surface area contributed by atoms with Crippen molar-refractivity contribution in [3.8, 4) is 0 Å². The summed E-state index contributed by atoms with van der Waals surface area (Å²) in [4.78, 5) is 19.6. The predicted octanol–water partition coefficient (Wildman–Crippen LogP) is 2.60. The molecule has 0 bridgehead atoms. The summed E-state index contributed by atoms with van der Waals surface area (Å²) in [6.45, 7) is 8.57. The number of thiophene rings is 1. The Morgan fingerprint density at radius 2 is 2.23 bits per heavy atom. The first-order chi connectivity index (χ1) is 10.6. The highest BCUT2D eigenvalue weighted by Gasteiger charge is 2.13. The van der Waals surface area contributed by atoms with Gasteiger partial charge in [-0.05, 0) is 43.3 Å². The Morgan fingerprint density at radius 1 is 1.45 bits per heavy atom. The van der Waals surface area contributed by atoms with E-state index in [1.807, 2.05) is 11.4 Å². The lowest BCUT2D eigenvalue weighted by Gasteiger charge is -2.14. The summed E-state index contributed by atoms with van der Waals surface area (Å²) in [5, 5.41) is 4.66. The van der Waals surface area contributed by atoms with Crippen LogP contribution in [0.15, 0.2) is 22.5 Å². The summed E-state index contributed by atoms with van der Waals surface area (Å²) >= 11 is 1.41. The zero-order chi connectivity index (χ0) is 15.8. The molecule has 1 amide bonds. The van der Waals surface area contributed by atoms with Crippen molar-refractivity contribution in [3.63, 3.8) is 0 Å². The number of hydrogen-bond donors (Lipinski definition) is 1. The van der Waals surface area contributed by atoms with Gasteiger partial charge in [0.2, 0.25) is 0 Å². The minimum absolute atomic E-state index is 0.154. The van der Waals surface area contributed by atoms with Crippen LogP contribution in [0.2, 0.25) is 0 Å². The number of carbonyl (C=O) groups excluding carboxylic acids is 1. The molecule has 2 heterocycles. The van der Waals surface area contributed by atoms with E-state index in [1.165, 1.54) is 24.2 Å². The van der Waals surface area contributed by atoms with Gasteiger partial charge in [0.15, 0.2) is 0 Å². The molecule has 0 unspecified atom stereocenters. The quantitative estimate of drug-likeness (QED) is 0.647. The maximum atomic E-state index is 12.1. The molecule has 2 rings (SSSR count). The lowest BCUT2D eigenvalue weighted by Crippen LogP contribution is -2.34. The topological polar surface area (TPSA) is 53.9 Å². The van der Waals surface area contributed by atoms with Gasteiger partial charge in [-0.1, -0.05) is 19.9 Å². The van der Waals surface area contributed by atoms with Crippen molar-refractivity contribution in [2.24, 2.45) is 10.9 Å². The Bertz CT molecular complexity index is 480. The van der Waals surface area contributed by atoms with Gasteiger partial charge in [-0.15, -0.1) is 11.3 Å². The molecule has 0 radical (unpaired) electrons. The second kappa shape index (κ2) is 8.90. The van der Waals surface area contributed by atoms with Crippen LogP contribution in [-0.4, -0.2) is 49.6 Å². The number of amides is 1. The zero-order valence-corrected chi connectivity index (χ0v) is 14.2. The molecule has 0 spiro atoms.